The first kappa shape index (κ1) is 13.6. The predicted molar refractivity (Wildman–Crippen MR) is 63.9 cm³/mol. The number of halogens is 2. The average molecular weight is 295 g/mol. The molecule has 100 valence electrons. The Morgan fingerprint density at radius 1 is 1.50 bits per heavy atom. The van der Waals surface area contributed by atoms with Crippen LogP contribution < -0.4 is 4.74 Å². The van der Waals surface area contributed by atoms with Crippen molar-refractivity contribution in [2.45, 2.75) is 23.8 Å². The number of hydrogen-bond acceptors (Lipinski definition) is 4. The zero-order valence-electron chi connectivity index (χ0n) is 9.43. The zero-order chi connectivity index (χ0) is 13.2. The van der Waals surface area contributed by atoms with E-state index >= 15 is 0 Å². The minimum Gasteiger partial charge on any atom is -0.491 e. The summed E-state index contributed by atoms with van der Waals surface area (Å²) in [6.07, 6.45) is 1.92. The molecular formula is C11H12ClFO4S. The molecule has 1 fully saturated rings. The molecule has 1 aromatic carbocycles. The van der Waals surface area contributed by atoms with Gasteiger partial charge in [-0.3, -0.25) is 0 Å². The maximum atomic E-state index is 13.5. The molecule has 18 heavy (non-hydrogen) atoms. The fourth-order valence-corrected chi connectivity index (χ4v) is 2.63. The van der Waals surface area contributed by atoms with Crippen molar-refractivity contribution in [3.05, 3.63) is 24.0 Å². The number of hydrogen-bond donors (Lipinski definition) is 0. The Bertz CT molecular complexity index is 526. The molecule has 0 bridgehead atoms. The summed E-state index contributed by atoms with van der Waals surface area (Å²) in [6.45, 7) is 1.04. The third-order valence-electron chi connectivity index (χ3n) is 2.63. The lowest BCUT2D eigenvalue weighted by molar-refractivity contribution is 0.0678. The number of ether oxygens (including phenoxy) is 2. The Hall–Kier alpha value is -0.850. The van der Waals surface area contributed by atoms with Crippen molar-refractivity contribution in [3.8, 4) is 5.75 Å². The molecule has 1 atom stereocenters. The molecule has 1 aromatic rings. The van der Waals surface area contributed by atoms with E-state index in [1.807, 2.05) is 0 Å². The molecule has 1 heterocycles. The molecule has 1 aliphatic rings. The predicted octanol–water partition coefficient (Wildman–Crippen LogP) is 2.31. The maximum absolute atomic E-state index is 13.5. The highest BCUT2D eigenvalue weighted by Gasteiger charge is 2.18. The quantitative estimate of drug-likeness (QED) is 0.800. The van der Waals surface area contributed by atoms with Gasteiger partial charge in [0.2, 0.25) is 0 Å². The molecule has 0 saturated carbocycles. The van der Waals surface area contributed by atoms with E-state index in [0.717, 1.165) is 25.0 Å². The summed E-state index contributed by atoms with van der Waals surface area (Å²) in [5.41, 5.74) is 0. The van der Waals surface area contributed by atoms with E-state index in [-0.39, 0.29) is 11.9 Å². The normalized spacial score (nSPS) is 20.0. The van der Waals surface area contributed by atoms with Crippen molar-refractivity contribution in [2.24, 2.45) is 0 Å². The standard InChI is InChI=1S/C11H12ClFO4S/c12-18(14,15)11-4-3-8(6-10(11)13)17-7-9-2-1-5-16-9/h3-4,6,9H,1-2,5,7H2. The maximum Gasteiger partial charge on any atom is 0.264 e. The van der Waals surface area contributed by atoms with E-state index in [4.69, 9.17) is 20.2 Å². The molecule has 1 saturated heterocycles. The van der Waals surface area contributed by atoms with Gasteiger partial charge in [0.15, 0.2) is 0 Å². The molecule has 1 unspecified atom stereocenters. The van der Waals surface area contributed by atoms with Crippen LogP contribution in [0.3, 0.4) is 0 Å². The first-order valence-corrected chi connectivity index (χ1v) is 7.76. The van der Waals surface area contributed by atoms with Crippen LogP contribution in [0.5, 0.6) is 5.75 Å². The van der Waals surface area contributed by atoms with Gasteiger partial charge >= 0.3 is 0 Å². The van der Waals surface area contributed by atoms with Gasteiger partial charge in [-0.1, -0.05) is 0 Å². The Kier molecular flexibility index (Phi) is 4.09. The van der Waals surface area contributed by atoms with Crippen LogP contribution >= 0.6 is 10.7 Å². The van der Waals surface area contributed by atoms with Crippen molar-refractivity contribution in [3.63, 3.8) is 0 Å². The molecule has 0 amide bonds. The molecule has 0 radical (unpaired) electrons. The smallest absolute Gasteiger partial charge is 0.264 e. The first-order chi connectivity index (χ1) is 8.47. The van der Waals surface area contributed by atoms with E-state index in [2.05, 4.69) is 0 Å². The van der Waals surface area contributed by atoms with Gasteiger partial charge in [0.05, 0.1) is 6.10 Å². The summed E-state index contributed by atoms with van der Waals surface area (Å²) in [5.74, 6) is -0.665. The van der Waals surface area contributed by atoms with Crippen LogP contribution in [0, 0.1) is 5.82 Å². The van der Waals surface area contributed by atoms with Crippen LogP contribution in [-0.2, 0) is 13.8 Å². The Labute approximate surface area is 109 Å². The minimum absolute atomic E-state index is 0.0181. The van der Waals surface area contributed by atoms with Gasteiger partial charge in [-0.05, 0) is 25.0 Å². The van der Waals surface area contributed by atoms with E-state index < -0.39 is 19.8 Å². The molecule has 0 aromatic heterocycles. The van der Waals surface area contributed by atoms with E-state index in [9.17, 15) is 12.8 Å². The van der Waals surface area contributed by atoms with Gasteiger partial charge < -0.3 is 9.47 Å². The van der Waals surface area contributed by atoms with Gasteiger partial charge in [0.25, 0.3) is 9.05 Å². The summed E-state index contributed by atoms with van der Waals surface area (Å²) in [6, 6.07) is 3.46. The lowest BCUT2D eigenvalue weighted by Gasteiger charge is -2.11. The summed E-state index contributed by atoms with van der Waals surface area (Å²) >= 11 is 0. The van der Waals surface area contributed by atoms with Gasteiger partial charge in [-0.25, -0.2) is 12.8 Å². The average Bonchev–Trinajstić information content (AvgIpc) is 2.77. The lowest BCUT2D eigenvalue weighted by Crippen LogP contribution is -2.16. The van der Waals surface area contributed by atoms with Crippen LogP contribution in [0.1, 0.15) is 12.8 Å². The fourth-order valence-electron chi connectivity index (χ4n) is 1.73. The lowest BCUT2D eigenvalue weighted by atomic mass is 10.2. The van der Waals surface area contributed by atoms with Crippen molar-refractivity contribution in [1.29, 1.82) is 0 Å². The third kappa shape index (κ3) is 3.34. The highest BCUT2D eigenvalue weighted by molar-refractivity contribution is 8.13. The number of benzene rings is 1. The van der Waals surface area contributed by atoms with Crippen LogP contribution in [0.15, 0.2) is 23.1 Å². The molecule has 4 nitrogen and oxygen atoms in total. The Morgan fingerprint density at radius 2 is 2.28 bits per heavy atom. The van der Waals surface area contributed by atoms with E-state index in [1.165, 1.54) is 6.07 Å². The highest BCUT2D eigenvalue weighted by Crippen LogP contribution is 2.24. The van der Waals surface area contributed by atoms with Crippen LogP contribution in [0.4, 0.5) is 4.39 Å². The largest absolute Gasteiger partial charge is 0.491 e. The van der Waals surface area contributed by atoms with Crippen molar-refractivity contribution < 1.29 is 22.3 Å². The first-order valence-electron chi connectivity index (χ1n) is 5.45. The minimum atomic E-state index is -4.06. The Morgan fingerprint density at radius 3 is 2.83 bits per heavy atom. The van der Waals surface area contributed by atoms with Gasteiger partial charge in [0, 0.05) is 23.4 Å². The fraction of sp³-hybridized carbons (Fsp3) is 0.455. The third-order valence-corrected chi connectivity index (χ3v) is 3.98. The second kappa shape index (κ2) is 5.42. The summed E-state index contributed by atoms with van der Waals surface area (Å²) < 4.78 is 46.1. The summed E-state index contributed by atoms with van der Waals surface area (Å²) in [5, 5.41) is 0. The SMILES string of the molecule is O=S(=O)(Cl)c1ccc(OCC2CCCO2)cc1F. The second-order valence-corrected chi connectivity index (χ2v) is 6.51. The monoisotopic (exact) mass is 294 g/mol. The Balaban J connectivity index is 2.04. The van der Waals surface area contributed by atoms with E-state index in [1.54, 1.807) is 0 Å². The van der Waals surface area contributed by atoms with Gasteiger partial charge in [-0.15, -0.1) is 0 Å². The van der Waals surface area contributed by atoms with Crippen LogP contribution in [0.2, 0.25) is 0 Å². The number of rotatable bonds is 4. The summed E-state index contributed by atoms with van der Waals surface area (Å²) in [7, 11) is 1.00. The van der Waals surface area contributed by atoms with Gasteiger partial charge in [0.1, 0.15) is 23.1 Å². The van der Waals surface area contributed by atoms with Gasteiger partial charge in [-0.2, -0.15) is 0 Å². The molecule has 0 spiro atoms. The molecule has 1 aliphatic heterocycles. The molecule has 0 aliphatic carbocycles. The molecular weight excluding hydrogens is 283 g/mol. The van der Waals surface area contributed by atoms with Crippen molar-refractivity contribution in [2.75, 3.05) is 13.2 Å². The van der Waals surface area contributed by atoms with E-state index in [0.29, 0.717) is 13.2 Å². The summed E-state index contributed by atoms with van der Waals surface area (Å²) in [4.78, 5) is -0.548. The highest BCUT2D eigenvalue weighted by atomic mass is 35.7. The molecule has 2 rings (SSSR count). The zero-order valence-corrected chi connectivity index (χ0v) is 11.0. The molecule has 7 heteroatoms. The second-order valence-electron chi connectivity index (χ2n) is 3.98. The molecule has 0 N–H and O–H groups in total. The van der Waals surface area contributed by atoms with Crippen LogP contribution in [0.25, 0.3) is 0 Å². The topological polar surface area (TPSA) is 52.6 Å². The van der Waals surface area contributed by atoms with Crippen molar-refractivity contribution in [1.82, 2.24) is 0 Å². The van der Waals surface area contributed by atoms with Crippen molar-refractivity contribution >= 4 is 19.7 Å². The van der Waals surface area contributed by atoms with Crippen LogP contribution in [-0.4, -0.2) is 27.7 Å².